The molecule has 2 atom stereocenters. The highest BCUT2D eigenvalue weighted by Gasteiger charge is 2.21. The first kappa shape index (κ1) is 15.7. The molecule has 0 aliphatic rings. The van der Waals surface area contributed by atoms with Crippen molar-refractivity contribution in [1.82, 2.24) is 5.32 Å². The third-order valence-electron chi connectivity index (χ3n) is 3.25. The summed E-state index contributed by atoms with van der Waals surface area (Å²) in [5, 5.41) is 3.39. The van der Waals surface area contributed by atoms with Crippen molar-refractivity contribution in [3.63, 3.8) is 0 Å². The lowest BCUT2D eigenvalue weighted by Crippen LogP contribution is -2.39. The molecule has 3 heteroatoms. The van der Waals surface area contributed by atoms with Gasteiger partial charge in [0.25, 0.3) is 0 Å². The number of aryl methyl sites for hydroxylation is 1. The Bertz CT molecular complexity index is 403. The Hall–Kier alpha value is -1.35. The number of hydrogen-bond donors (Lipinski definition) is 1. The molecule has 1 N–H and O–H groups in total. The Balaban J connectivity index is 2.73. The van der Waals surface area contributed by atoms with Gasteiger partial charge in [-0.05, 0) is 38.3 Å². The number of carbonyl (C=O) groups excluding carboxylic acids is 1. The molecule has 19 heavy (non-hydrogen) atoms. The molecule has 0 radical (unpaired) electrons. The second-order valence-corrected chi connectivity index (χ2v) is 4.84. The van der Waals surface area contributed by atoms with Crippen LogP contribution in [0, 0.1) is 6.92 Å². The molecule has 0 heterocycles. The first-order valence-corrected chi connectivity index (χ1v) is 7.08. The molecule has 0 aliphatic carbocycles. The van der Waals surface area contributed by atoms with E-state index in [-0.39, 0.29) is 18.1 Å². The summed E-state index contributed by atoms with van der Waals surface area (Å²) in [4.78, 5) is 11.9. The van der Waals surface area contributed by atoms with Crippen molar-refractivity contribution in [3.8, 4) is 0 Å². The van der Waals surface area contributed by atoms with E-state index < -0.39 is 0 Å². The van der Waals surface area contributed by atoms with Gasteiger partial charge in [-0.15, -0.1) is 0 Å². The number of hydrogen-bond acceptors (Lipinski definition) is 3. The van der Waals surface area contributed by atoms with Crippen molar-refractivity contribution in [2.24, 2.45) is 0 Å². The van der Waals surface area contributed by atoms with Gasteiger partial charge in [-0.2, -0.15) is 0 Å². The molecule has 0 fully saturated rings. The number of benzene rings is 1. The number of nitrogens with one attached hydrogen (secondary N) is 1. The second kappa shape index (κ2) is 7.95. The van der Waals surface area contributed by atoms with Crippen LogP contribution in [-0.2, 0) is 9.53 Å². The van der Waals surface area contributed by atoms with E-state index in [9.17, 15) is 4.79 Å². The van der Waals surface area contributed by atoms with E-state index in [1.165, 1.54) is 11.1 Å². The summed E-state index contributed by atoms with van der Waals surface area (Å²) in [6, 6.07) is 8.16. The molecular weight excluding hydrogens is 238 g/mol. The summed E-state index contributed by atoms with van der Waals surface area (Å²) >= 11 is 0. The number of ether oxygens (including phenoxy) is 1. The first-order valence-electron chi connectivity index (χ1n) is 7.08. The molecule has 3 nitrogen and oxygen atoms in total. The highest BCUT2D eigenvalue weighted by atomic mass is 16.5. The Labute approximate surface area is 116 Å². The van der Waals surface area contributed by atoms with Crippen molar-refractivity contribution >= 4 is 5.97 Å². The summed E-state index contributed by atoms with van der Waals surface area (Å²) in [7, 11) is 0. The average Bonchev–Trinajstić information content (AvgIpc) is 2.39. The molecule has 1 unspecified atom stereocenters. The molecule has 0 aromatic heterocycles. The summed E-state index contributed by atoms with van der Waals surface area (Å²) in [5.41, 5.74) is 2.47. The lowest BCUT2D eigenvalue weighted by Gasteiger charge is -2.23. The zero-order valence-electron chi connectivity index (χ0n) is 12.4. The minimum atomic E-state index is -0.223. The third-order valence-corrected chi connectivity index (χ3v) is 3.25. The molecule has 0 saturated carbocycles. The van der Waals surface area contributed by atoms with E-state index in [0.717, 1.165) is 12.8 Å². The minimum Gasteiger partial charge on any atom is -0.465 e. The van der Waals surface area contributed by atoms with Gasteiger partial charge in [0, 0.05) is 6.04 Å². The molecule has 1 rings (SSSR count). The fraction of sp³-hybridized carbons (Fsp3) is 0.562. The monoisotopic (exact) mass is 263 g/mol. The van der Waals surface area contributed by atoms with Crippen LogP contribution < -0.4 is 5.32 Å². The highest BCUT2D eigenvalue weighted by Crippen LogP contribution is 2.18. The molecule has 0 bridgehead atoms. The fourth-order valence-electron chi connectivity index (χ4n) is 2.26. The van der Waals surface area contributed by atoms with E-state index in [4.69, 9.17) is 4.74 Å². The van der Waals surface area contributed by atoms with Crippen LogP contribution in [0.4, 0.5) is 0 Å². The van der Waals surface area contributed by atoms with Crippen molar-refractivity contribution in [2.75, 3.05) is 6.61 Å². The number of rotatable bonds is 7. The average molecular weight is 263 g/mol. The zero-order valence-corrected chi connectivity index (χ0v) is 12.4. The SMILES string of the molecule is CCCC(N[C@@H](C)c1ccccc1C)C(=O)OCC. The Morgan fingerprint density at radius 1 is 1.32 bits per heavy atom. The summed E-state index contributed by atoms with van der Waals surface area (Å²) < 4.78 is 5.12. The van der Waals surface area contributed by atoms with E-state index in [0.29, 0.717) is 6.61 Å². The molecule has 1 aromatic rings. The Morgan fingerprint density at radius 3 is 2.58 bits per heavy atom. The Kier molecular flexibility index (Phi) is 6.57. The molecule has 0 aliphatic heterocycles. The van der Waals surface area contributed by atoms with Crippen molar-refractivity contribution < 1.29 is 9.53 Å². The number of esters is 1. The van der Waals surface area contributed by atoms with Gasteiger partial charge >= 0.3 is 5.97 Å². The lowest BCUT2D eigenvalue weighted by atomic mass is 10.0. The molecule has 106 valence electrons. The van der Waals surface area contributed by atoms with Crippen LogP contribution in [-0.4, -0.2) is 18.6 Å². The summed E-state index contributed by atoms with van der Waals surface area (Å²) in [6.45, 7) is 8.52. The maximum Gasteiger partial charge on any atom is 0.323 e. The Morgan fingerprint density at radius 2 is 2.00 bits per heavy atom. The topological polar surface area (TPSA) is 38.3 Å². The van der Waals surface area contributed by atoms with Crippen LogP contribution in [0.1, 0.15) is 50.8 Å². The first-order chi connectivity index (χ1) is 9.10. The highest BCUT2D eigenvalue weighted by molar-refractivity contribution is 5.75. The summed E-state index contributed by atoms with van der Waals surface area (Å²) in [5.74, 6) is -0.148. The second-order valence-electron chi connectivity index (χ2n) is 4.84. The molecule has 0 saturated heterocycles. The van der Waals surface area contributed by atoms with Gasteiger partial charge in [0.05, 0.1) is 6.61 Å². The maximum absolute atomic E-state index is 11.9. The molecular formula is C16H25NO2. The minimum absolute atomic E-state index is 0.141. The zero-order chi connectivity index (χ0) is 14.3. The largest absolute Gasteiger partial charge is 0.465 e. The van der Waals surface area contributed by atoms with Crippen LogP contribution in [0.25, 0.3) is 0 Å². The summed E-state index contributed by atoms with van der Waals surface area (Å²) in [6.07, 6.45) is 1.76. The van der Waals surface area contributed by atoms with Crippen molar-refractivity contribution in [3.05, 3.63) is 35.4 Å². The van der Waals surface area contributed by atoms with Gasteiger partial charge < -0.3 is 4.74 Å². The van der Waals surface area contributed by atoms with Crippen molar-refractivity contribution in [1.29, 1.82) is 0 Å². The maximum atomic E-state index is 11.9. The van der Waals surface area contributed by atoms with Crippen LogP contribution in [0.2, 0.25) is 0 Å². The quantitative estimate of drug-likeness (QED) is 0.766. The van der Waals surface area contributed by atoms with Crippen LogP contribution in [0.3, 0.4) is 0 Å². The van der Waals surface area contributed by atoms with E-state index in [1.807, 2.05) is 19.1 Å². The normalized spacial score (nSPS) is 13.9. The van der Waals surface area contributed by atoms with Crippen LogP contribution in [0.5, 0.6) is 0 Å². The van der Waals surface area contributed by atoms with Gasteiger partial charge in [-0.25, -0.2) is 0 Å². The van der Waals surface area contributed by atoms with Gasteiger partial charge in [-0.3, -0.25) is 10.1 Å². The lowest BCUT2D eigenvalue weighted by molar-refractivity contribution is -0.146. The molecule has 1 aromatic carbocycles. The van der Waals surface area contributed by atoms with Crippen LogP contribution in [0.15, 0.2) is 24.3 Å². The van der Waals surface area contributed by atoms with E-state index in [2.05, 4.69) is 38.2 Å². The number of carbonyl (C=O) groups is 1. The van der Waals surface area contributed by atoms with Gasteiger partial charge in [-0.1, -0.05) is 37.6 Å². The third kappa shape index (κ3) is 4.67. The van der Waals surface area contributed by atoms with Gasteiger partial charge in [0.1, 0.15) is 6.04 Å². The molecule has 0 spiro atoms. The fourth-order valence-corrected chi connectivity index (χ4v) is 2.26. The standard InChI is InChI=1S/C16H25NO2/c1-5-9-15(16(18)19-6-2)17-13(4)14-11-8-7-10-12(14)3/h7-8,10-11,13,15,17H,5-6,9H2,1-4H3/t13-,15?/m0/s1. The van der Waals surface area contributed by atoms with Crippen molar-refractivity contribution in [2.45, 2.75) is 52.6 Å². The predicted octanol–water partition coefficient (Wildman–Crippen LogP) is 3.38. The van der Waals surface area contributed by atoms with E-state index in [1.54, 1.807) is 0 Å². The smallest absolute Gasteiger partial charge is 0.323 e. The predicted molar refractivity (Wildman–Crippen MR) is 78.1 cm³/mol. The van der Waals surface area contributed by atoms with Crippen LogP contribution >= 0.6 is 0 Å². The molecule has 0 amide bonds. The van der Waals surface area contributed by atoms with Gasteiger partial charge in [0.15, 0.2) is 0 Å². The van der Waals surface area contributed by atoms with Gasteiger partial charge in [0.2, 0.25) is 0 Å². The van der Waals surface area contributed by atoms with E-state index >= 15 is 0 Å².